The molecule has 0 spiro atoms. The van der Waals surface area contributed by atoms with Gasteiger partial charge in [0.1, 0.15) is 11.8 Å². The van der Waals surface area contributed by atoms with Crippen LogP contribution in [0.2, 0.25) is 0 Å². The van der Waals surface area contributed by atoms with Crippen molar-refractivity contribution in [1.29, 1.82) is 0 Å². The molecule has 2 aromatic carbocycles. The number of hydrogen-bond acceptors (Lipinski definition) is 4. The van der Waals surface area contributed by atoms with Gasteiger partial charge in [-0.15, -0.1) is 0 Å². The Hall–Kier alpha value is -2.87. The molecule has 0 unspecified atom stereocenters. The molecule has 0 radical (unpaired) electrons. The maximum Gasteiger partial charge on any atom is 0.254 e. The van der Waals surface area contributed by atoms with E-state index in [1.165, 1.54) is 0 Å². The second kappa shape index (κ2) is 11.0. The van der Waals surface area contributed by atoms with Crippen molar-refractivity contribution in [2.24, 2.45) is 0 Å². The summed E-state index contributed by atoms with van der Waals surface area (Å²) in [6.07, 6.45) is 4.70. The number of nitrogens with zero attached hydrogens (tertiary/aromatic N) is 1. The summed E-state index contributed by atoms with van der Waals surface area (Å²) in [6.45, 7) is 0.591. The van der Waals surface area contributed by atoms with Gasteiger partial charge in [0, 0.05) is 34.2 Å². The van der Waals surface area contributed by atoms with E-state index in [0.29, 0.717) is 29.8 Å². The van der Waals surface area contributed by atoms with Gasteiger partial charge in [-0.3, -0.25) is 14.4 Å². The summed E-state index contributed by atoms with van der Waals surface area (Å²) >= 11 is 3.41. The Kier molecular flexibility index (Phi) is 7.88. The van der Waals surface area contributed by atoms with Crippen molar-refractivity contribution in [3.63, 3.8) is 0 Å². The second-order valence-corrected chi connectivity index (χ2v) is 9.84. The summed E-state index contributed by atoms with van der Waals surface area (Å²) in [4.78, 5) is 40.2. The van der Waals surface area contributed by atoms with E-state index >= 15 is 0 Å². The SMILES string of the molecule is COc1ccc(C(=O)NC2CCC(NC(=O)[C@H]3CCCN3C(=O)c3cccc(Br)c3)CC2)cc1. The number of methoxy groups -OCH3 is 1. The first-order chi connectivity index (χ1) is 16.4. The van der Waals surface area contributed by atoms with Gasteiger partial charge >= 0.3 is 0 Å². The molecular weight excluding hydrogens is 498 g/mol. The van der Waals surface area contributed by atoms with Crippen molar-refractivity contribution in [3.05, 3.63) is 64.1 Å². The average molecular weight is 528 g/mol. The maximum atomic E-state index is 13.0. The minimum Gasteiger partial charge on any atom is -0.497 e. The molecule has 4 rings (SSSR count). The van der Waals surface area contributed by atoms with Crippen molar-refractivity contribution in [1.82, 2.24) is 15.5 Å². The molecule has 2 aromatic rings. The lowest BCUT2D eigenvalue weighted by molar-refractivity contribution is -0.125. The molecule has 7 nitrogen and oxygen atoms in total. The van der Waals surface area contributed by atoms with E-state index < -0.39 is 6.04 Å². The largest absolute Gasteiger partial charge is 0.497 e. The first-order valence-electron chi connectivity index (χ1n) is 11.8. The number of nitrogens with one attached hydrogen (secondary N) is 2. The molecule has 2 N–H and O–H groups in total. The molecule has 0 bridgehead atoms. The molecule has 2 fully saturated rings. The predicted octanol–water partition coefficient (Wildman–Crippen LogP) is 3.92. The van der Waals surface area contributed by atoms with E-state index in [4.69, 9.17) is 4.74 Å². The van der Waals surface area contributed by atoms with Gasteiger partial charge in [-0.2, -0.15) is 0 Å². The van der Waals surface area contributed by atoms with E-state index in [-0.39, 0.29) is 29.8 Å². The Bertz CT molecular complexity index is 1030. The fourth-order valence-corrected chi connectivity index (χ4v) is 5.16. The Balaban J connectivity index is 1.26. The second-order valence-electron chi connectivity index (χ2n) is 8.93. The number of amides is 3. The van der Waals surface area contributed by atoms with Crippen LogP contribution in [0.15, 0.2) is 53.0 Å². The number of benzene rings is 2. The highest BCUT2D eigenvalue weighted by atomic mass is 79.9. The van der Waals surface area contributed by atoms with Crippen molar-refractivity contribution in [3.8, 4) is 5.75 Å². The van der Waals surface area contributed by atoms with Crippen LogP contribution < -0.4 is 15.4 Å². The van der Waals surface area contributed by atoms with E-state index in [2.05, 4.69) is 26.6 Å². The lowest BCUT2D eigenvalue weighted by Crippen LogP contribution is -2.50. The fraction of sp³-hybridized carbons (Fsp3) is 0.423. The molecule has 1 saturated heterocycles. The first kappa shape index (κ1) is 24.3. The molecular formula is C26H30BrN3O4. The van der Waals surface area contributed by atoms with Crippen LogP contribution >= 0.6 is 15.9 Å². The van der Waals surface area contributed by atoms with Gasteiger partial charge in [-0.25, -0.2) is 0 Å². The van der Waals surface area contributed by atoms with E-state index in [1.807, 2.05) is 12.1 Å². The van der Waals surface area contributed by atoms with Crippen LogP contribution in [0.5, 0.6) is 5.75 Å². The Morgan fingerprint density at radius 2 is 1.59 bits per heavy atom. The Morgan fingerprint density at radius 1 is 0.912 bits per heavy atom. The van der Waals surface area contributed by atoms with Crippen molar-refractivity contribution in [2.45, 2.75) is 56.7 Å². The quantitative estimate of drug-likeness (QED) is 0.595. The van der Waals surface area contributed by atoms with E-state index in [0.717, 1.165) is 36.6 Å². The van der Waals surface area contributed by atoms with E-state index in [9.17, 15) is 14.4 Å². The highest BCUT2D eigenvalue weighted by Gasteiger charge is 2.36. The van der Waals surface area contributed by atoms with Gasteiger partial charge in [0.15, 0.2) is 0 Å². The standard InChI is InChI=1S/C26H30BrN3O4/c1-34-22-13-7-17(8-14-22)24(31)28-20-9-11-21(12-10-20)29-25(32)23-6-3-15-30(23)26(33)18-4-2-5-19(27)16-18/h2,4-5,7-8,13-14,16,20-21,23H,3,6,9-12,15H2,1H3,(H,28,31)(H,29,32)/t20?,21?,23-/m1/s1. The molecule has 1 heterocycles. The lowest BCUT2D eigenvalue weighted by atomic mass is 9.90. The highest BCUT2D eigenvalue weighted by Crippen LogP contribution is 2.24. The number of rotatable bonds is 6. The zero-order chi connectivity index (χ0) is 24.1. The lowest BCUT2D eigenvalue weighted by Gasteiger charge is -2.31. The third-order valence-corrected chi connectivity index (χ3v) is 7.14. The van der Waals surface area contributed by atoms with Crippen LogP contribution in [0.25, 0.3) is 0 Å². The predicted molar refractivity (Wildman–Crippen MR) is 133 cm³/mol. The third kappa shape index (κ3) is 5.78. The summed E-state index contributed by atoms with van der Waals surface area (Å²) in [5.74, 6) is 0.435. The summed E-state index contributed by atoms with van der Waals surface area (Å²) in [7, 11) is 1.59. The van der Waals surface area contributed by atoms with Gasteiger partial charge in [-0.1, -0.05) is 22.0 Å². The number of ether oxygens (including phenoxy) is 1. The monoisotopic (exact) mass is 527 g/mol. The van der Waals surface area contributed by atoms with Crippen molar-refractivity contribution in [2.75, 3.05) is 13.7 Å². The third-order valence-electron chi connectivity index (χ3n) is 6.65. The maximum absolute atomic E-state index is 13.0. The molecule has 3 amide bonds. The molecule has 8 heteroatoms. The summed E-state index contributed by atoms with van der Waals surface area (Å²) in [6, 6.07) is 14.0. The molecule has 34 heavy (non-hydrogen) atoms. The summed E-state index contributed by atoms with van der Waals surface area (Å²) in [5.41, 5.74) is 1.19. The number of likely N-dealkylation sites (tertiary alicyclic amines) is 1. The first-order valence-corrected chi connectivity index (χ1v) is 12.6. The van der Waals surface area contributed by atoms with Crippen LogP contribution in [-0.2, 0) is 4.79 Å². The van der Waals surface area contributed by atoms with Crippen LogP contribution in [0, 0.1) is 0 Å². The zero-order valence-corrected chi connectivity index (χ0v) is 20.8. The van der Waals surface area contributed by atoms with Crippen LogP contribution in [0.3, 0.4) is 0 Å². The number of carbonyl (C=O) groups excluding carboxylic acids is 3. The van der Waals surface area contributed by atoms with Crippen molar-refractivity contribution < 1.29 is 19.1 Å². The topological polar surface area (TPSA) is 87.7 Å². The number of carbonyl (C=O) groups is 3. The van der Waals surface area contributed by atoms with Crippen LogP contribution in [0.4, 0.5) is 0 Å². The number of halogens is 1. The molecule has 180 valence electrons. The number of hydrogen-bond donors (Lipinski definition) is 2. The van der Waals surface area contributed by atoms with Gasteiger partial charge in [0.25, 0.3) is 11.8 Å². The molecule has 2 aliphatic rings. The fourth-order valence-electron chi connectivity index (χ4n) is 4.76. The van der Waals surface area contributed by atoms with Gasteiger partial charge < -0.3 is 20.3 Å². The Labute approximate surface area is 208 Å². The highest BCUT2D eigenvalue weighted by molar-refractivity contribution is 9.10. The minimum atomic E-state index is -0.432. The molecule has 1 atom stereocenters. The molecule has 1 aliphatic carbocycles. The summed E-state index contributed by atoms with van der Waals surface area (Å²) in [5, 5.41) is 6.26. The van der Waals surface area contributed by atoms with Crippen LogP contribution in [0.1, 0.15) is 59.2 Å². The Morgan fingerprint density at radius 3 is 2.24 bits per heavy atom. The molecule has 0 aromatic heterocycles. The average Bonchev–Trinajstić information content (AvgIpc) is 3.35. The van der Waals surface area contributed by atoms with E-state index in [1.54, 1.807) is 48.4 Å². The summed E-state index contributed by atoms with van der Waals surface area (Å²) < 4.78 is 5.98. The molecule has 1 saturated carbocycles. The van der Waals surface area contributed by atoms with Crippen LogP contribution in [-0.4, -0.2) is 54.4 Å². The van der Waals surface area contributed by atoms with Crippen molar-refractivity contribution >= 4 is 33.7 Å². The van der Waals surface area contributed by atoms with Gasteiger partial charge in [-0.05, 0) is 81.0 Å². The minimum absolute atomic E-state index is 0.0602. The van der Waals surface area contributed by atoms with Gasteiger partial charge in [0.2, 0.25) is 5.91 Å². The smallest absolute Gasteiger partial charge is 0.254 e. The molecule has 1 aliphatic heterocycles. The zero-order valence-electron chi connectivity index (χ0n) is 19.3. The van der Waals surface area contributed by atoms with Gasteiger partial charge in [0.05, 0.1) is 7.11 Å². The normalized spacial score (nSPS) is 22.2.